The first kappa shape index (κ1) is 14.1. The molecule has 0 aliphatic carbocycles. The van der Waals surface area contributed by atoms with Crippen LogP contribution in [0.5, 0.6) is 0 Å². The highest BCUT2D eigenvalue weighted by molar-refractivity contribution is 6.32. The lowest BCUT2D eigenvalue weighted by Crippen LogP contribution is -2.92. The van der Waals surface area contributed by atoms with Gasteiger partial charge in [0.2, 0.25) is 11.7 Å². The summed E-state index contributed by atoms with van der Waals surface area (Å²) in [5, 5.41) is 20.1. The molecule has 0 saturated carbocycles. The van der Waals surface area contributed by atoms with Crippen molar-refractivity contribution >= 4 is 29.0 Å². The number of nitriles is 1. The van der Waals surface area contributed by atoms with E-state index >= 15 is 0 Å². The molecule has 21 heavy (non-hydrogen) atoms. The SMILES string of the molecule is CC1=NN=C(C2CCCN2c2ccc(C#N)c(Cl)c2C)[NH2+]1. The summed E-state index contributed by atoms with van der Waals surface area (Å²) in [7, 11) is 0. The molecule has 1 saturated heterocycles. The zero-order valence-electron chi connectivity index (χ0n) is 12.1. The fraction of sp³-hybridized carbons (Fsp3) is 0.400. The Morgan fingerprint density at radius 2 is 2.19 bits per heavy atom. The van der Waals surface area contributed by atoms with Crippen molar-refractivity contribution in [2.24, 2.45) is 10.2 Å². The van der Waals surface area contributed by atoms with E-state index in [0.717, 1.165) is 42.3 Å². The van der Waals surface area contributed by atoms with Gasteiger partial charge in [-0.1, -0.05) is 21.8 Å². The summed E-state index contributed by atoms with van der Waals surface area (Å²) >= 11 is 6.30. The first-order chi connectivity index (χ1) is 10.1. The molecule has 0 aromatic heterocycles. The Morgan fingerprint density at radius 3 is 2.86 bits per heavy atom. The second kappa shape index (κ2) is 5.47. The molecule has 1 unspecified atom stereocenters. The second-order valence-corrected chi connectivity index (χ2v) is 5.82. The topological polar surface area (TPSA) is 68.4 Å². The van der Waals surface area contributed by atoms with E-state index in [2.05, 4.69) is 21.2 Å². The molecule has 2 heterocycles. The second-order valence-electron chi connectivity index (χ2n) is 5.45. The number of nitrogens with zero attached hydrogens (tertiary/aromatic N) is 4. The monoisotopic (exact) mass is 302 g/mol. The molecular formula is C15H17ClN5+. The van der Waals surface area contributed by atoms with Crippen molar-refractivity contribution in [2.45, 2.75) is 32.7 Å². The Bertz CT molecular complexity index is 686. The number of amidine groups is 2. The van der Waals surface area contributed by atoms with E-state index in [1.165, 1.54) is 0 Å². The van der Waals surface area contributed by atoms with E-state index in [9.17, 15) is 0 Å². The Kier molecular flexibility index (Phi) is 3.66. The van der Waals surface area contributed by atoms with Gasteiger partial charge in [-0.05, 0) is 37.5 Å². The molecule has 2 N–H and O–H groups in total. The number of hydrogen-bond donors (Lipinski definition) is 1. The standard InChI is InChI=1S/C15H16ClN5/c1-9-12(6-5-11(8-17)14(9)16)21-7-3-4-13(21)15-18-10(2)19-20-15/h5-6,13H,3-4,7H2,1-2H3,(H,18,19,20)/p+1. The van der Waals surface area contributed by atoms with Gasteiger partial charge in [-0.15, -0.1) is 0 Å². The summed E-state index contributed by atoms with van der Waals surface area (Å²) < 4.78 is 0. The van der Waals surface area contributed by atoms with Crippen LogP contribution in [-0.2, 0) is 0 Å². The van der Waals surface area contributed by atoms with Crippen LogP contribution in [0, 0.1) is 18.3 Å². The van der Waals surface area contributed by atoms with Crippen molar-refractivity contribution in [1.82, 2.24) is 0 Å². The predicted octanol–water partition coefficient (Wildman–Crippen LogP) is 1.80. The molecule has 0 spiro atoms. The summed E-state index contributed by atoms with van der Waals surface area (Å²) in [6.07, 6.45) is 2.18. The lowest BCUT2D eigenvalue weighted by atomic mass is 10.1. The van der Waals surface area contributed by atoms with Crippen molar-refractivity contribution in [2.75, 3.05) is 11.4 Å². The molecular weight excluding hydrogens is 286 g/mol. The third-order valence-electron chi connectivity index (χ3n) is 4.06. The Hall–Kier alpha value is -1.90. The minimum Gasteiger partial charge on any atom is -0.357 e. The maximum absolute atomic E-state index is 9.07. The van der Waals surface area contributed by atoms with E-state index in [-0.39, 0.29) is 6.04 Å². The van der Waals surface area contributed by atoms with Gasteiger partial charge in [-0.25, -0.2) is 0 Å². The molecule has 1 atom stereocenters. The Balaban J connectivity index is 1.93. The maximum atomic E-state index is 9.07. The van der Waals surface area contributed by atoms with Gasteiger partial charge in [-0.3, -0.25) is 5.32 Å². The molecule has 0 bridgehead atoms. The Morgan fingerprint density at radius 1 is 1.38 bits per heavy atom. The fourth-order valence-electron chi connectivity index (χ4n) is 3.01. The smallest absolute Gasteiger partial charge is 0.248 e. The molecule has 0 radical (unpaired) electrons. The van der Waals surface area contributed by atoms with Crippen LogP contribution < -0.4 is 10.2 Å². The van der Waals surface area contributed by atoms with Gasteiger partial charge in [-0.2, -0.15) is 5.26 Å². The Labute approximate surface area is 128 Å². The molecule has 0 amide bonds. The largest absolute Gasteiger partial charge is 0.357 e. The summed E-state index contributed by atoms with van der Waals surface area (Å²) in [5.74, 6) is 1.97. The van der Waals surface area contributed by atoms with Gasteiger partial charge in [0, 0.05) is 19.2 Å². The highest BCUT2D eigenvalue weighted by atomic mass is 35.5. The quantitative estimate of drug-likeness (QED) is 0.905. The van der Waals surface area contributed by atoms with Crippen molar-refractivity contribution in [3.63, 3.8) is 0 Å². The number of benzene rings is 1. The molecule has 108 valence electrons. The van der Waals surface area contributed by atoms with Crippen LogP contribution in [0.2, 0.25) is 5.02 Å². The van der Waals surface area contributed by atoms with Crippen LogP contribution in [0.1, 0.15) is 30.9 Å². The third-order valence-corrected chi connectivity index (χ3v) is 4.55. The number of rotatable bonds is 2. The van der Waals surface area contributed by atoms with Gasteiger partial charge in [0.15, 0.2) is 0 Å². The van der Waals surface area contributed by atoms with Gasteiger partial charge in [0.1, 0.15) is 12.1 Å². The lowest BCUT2D eigenvalue weighted by Gasteiger charge is -2.27. The number of hydrogen-bond acceptors (Lipinski definition) is 4. The van der Waals surface area contributed by atoms with Crippen LogP contribution in [0.25, 0.3) is 0 Å². The van der Waals surface area contributed by atoms with Crippen LogP contribution in [-0.4, -0.2) is 24.3 Å². The number of nitrogens with two attached hydrogens (primary N) is 1. The number of quaternary nitrogens is 1. The summed E-state index contributed by atoms with van der Waals surface area (Å²) in [6.45, 7) is 4.90. The molecule has 2 aliphatic heterocycles. The van der Waals surface area contributed by atoms with Crippen LogP contribution >= 0.6 is 11.6 Å². The lowest BCUT2D eigenvalue weighted by molar-refractivity contribution is -0.407. The molecule has 2 aliphatic rings. The van der Waals surface area contributed by atoms with E-state index in [1.807, 2.05) is 25.2 Å². The van der Waals surface area contributed by atoms with Crippen molar-refractivity contribution in [3.05, 3.63) is 28.3 Å². The summed E-state index contributed by atoms with van der Waals surface area (Å²) in [5.41, 5.74) is 2.57. The molecule has 1 fully saturated rings. The van der Waals surface area contributed by atoms with Crippen molar-refractivity contribution in [1.29, 1.82) is 5.26 Å². The average Bonchev–Trinajstić information content (AvgIpc) is 3.10. The molecule has 1 aromatic rings. The van der Waals surface area contributed by atoms with E-state index in [1.54, 1.807) is 6.07 Å². The first-order valence-corrected chi connectivity index (χ1v) is 7.42. The van der Waals surface area contributed by atoms with Gasteiger partial charge in [0.25, 0.3) is 0 Å². The van der Waals surface area contributed by atoms with Gasteiger partial charge < -0.3 is 4.90 Å². The highest BCUT2D eigenvalue weighted by Gasteiger charge is 2.35. The summed E-state index contributed by atoms with van der Waals surface area (Å²) in [6, 6.07) is 6.15. The average molecular weight is 303 g/mol. The molecule has 5 nitrogen and oxygen atoms in total. The zero-order chi connectivity index (χ0) is 15.0. The van der Waals surface area contributed by atoms with Crippen LogP contribution in [0.15, 0.2) is 22.3 Å². The summed E-state index contributed by atoms with van der Waals surface area (Å²) in [4.78, 5) is 2.33. The van der Waals surface area contributed by atoms with E-state index < -0.39 is 0 Å². The van der Waals surface area contributed by atoms with E-state index in [0.29, 0.717) is 10.6 Å². The molecule has 3 rings (SSSR count). The number of halogens is 1. The molecule has 1 aromatic carbocycles. The normalized spacial score (nSPS) is 21.2. The van der Waals surface area contributed by atoms with Gasteiger partial charge in [0.05, 0.1) is 10.6 Å². The maximum Gasteiger partial charge on any atom is 0.248 e. The zero-order valence-corrected chi connectivity index (χ0v) is 12.9. The predicted molar refractivity (Wildman–Crippen MR) is 83.7 cm³/mol. The van der Waals surface area contributed by atoms with Crippen LogP contribution in [0.3, 0.4) is 0 Å². The van der Waals surface area contributed by atoms with Crippen molar-refractivity contribution in [3.8, 4) is 6.07 Å². The fourth-order valence-corrected chi connectivity index (χ4v) is 3.21. The van der Waals surface area contributed by atoms with Crippen LogP contribution in [0.4, 0.5) is 5.69 Å². The van der Waals surface area contributed by atoms with Gasteiger partial charge >= 0.3 is 0 Å². The number of anilines is 1. The highest BCUT2D eigenvalue weighted by Crippen LogP contribution is 2.34. The molecule has 6 heteroatoms. The van der Waals surface area contributed by atoms with Crippen molar-refractivity contribution < 1.29 is 5.32 Å². The minimum absolute atomic E-state index is 0.244. The van der Waals surface area contributed by atoms with E-state index in [4.69, 9.17) is 16.9 Å². The minimum atomic E-state index is 0.244. The third kappa shape index (κ3) is 2.41. The first-order valence-electron chi connectivity index (χ1n) is 7.04.